The Morgan fingerprint density at radius 2 is 1.90 bits per heavy atom. The Kier molecular flexibility index (Phi) is 7.90. The molecule has 0 aliphatic heterocycles. The van der Waals surface area contributed by atoms with Crippen molar-refractivity contribution in [3.8, 4) is 5.75 Å². The largest absolute Gasteiger partial charge is 0.497 e. The molecular formula is C20H18IN3O3S2. The first kappa shape index (κ1) is 21.6. The van der Waals surface area contributed by atoms with Gasteiger partial charge in [0.1, 0.15) is 5.75 Å². The van der Waals surface area contributed by atoms with E-state index in [4.69, 9.17) is 4.74 Å². The lowest BCUT2D eigenvalue weighted by Gasteiger charge is -2.06. The highest BCUT2D eigenvalue weighted by Gasteiger charge is 2.12. The molecule has 0 radical (unpaired) electrons. The van der Waals surface area contributed by atoms with Gasteiger partial charge in [-0.15, -0.1) is 23.1 Å². The van der Waals surface area contributed by atoms with E-state index in [1.807, 2.05) is 23.6 Å². The van der Waals surface area contributed by atoms with Gasteiger partial charge in [0.15, 0.2) is 5.13 Å². The fourth-order valence-electron chi connectivity index (χ4n) is 2.36. The van der Waals surface area contributed by atoms with Crippen LogP contribution in [0.25, 0.3) is 0 Å². The number of halogens is 1. The molecule has 2 amide bonds. The number of carbonyl (C=O) groups excluding carboxylic acids is 2. The van der Waals surface area contributed by atoms with Gasteiger partial charge in [0, 0.05) is 20.4 Å². The predicted molar refractivity (Wildman–Crippen MR) is 127 cm³/mol. The van der Waals surface area contributed by atoms with Gasteiger partial charge in [0.25, 0.3) is 5.91 Å². The number of thioether (sulfide) groups is 1. The van der Waals surface area contributed by atoms with Crippen LogP contribution in [-0.2, 0) is 10.5 Å². The van der Waals surface area contributed by atoms with E-state index in [-0.39, 0.29) is 11.8 Å². The number of ether oxygens (including phenoxy) is 1. The number of rotatable bonds is 8. The topological polar surface area (TPSA) is 80.3 Å². The lowest BCUT2D eigenvalue weighted by molar-refractivity contribution is -0.113. The number of aromatic nitrogens is 1. The van der Waals surface area contributed by atoms with Crippen LogP contribution >= 0.6 is 45.7 Å². The van der Waals surface area contributed by atoms with Crippen LogP contribution in [0.4, 0.5) is 10.8 Å². The van der Waals surface area contributed by atoms with Gasteiger partial charge < -0.3 is 10.1 Å². The number of hydrogen-bond acceptors (Lipinski definition) is 6. The van der Waals surface area contributed by atoms with Crippen LogP contribution in [0.15, 0.2) is 53.9 Å². The Hall–Kier alpha value is -2.11. The van der Waals surface area contributed by atoms with Gasteiger partial charge in [-0.25, -0.2) is 4.98 Å². The highest BCUT2D eigenvalue weighted by molar-refractivity contribution is 14.1. The number of benzene rings is 2. The summed E-state index contributed by atoms with van der Waals surface area (Å²) in [5.41, 5.74) is 2.18. The van der Waals surface area contributed by atoms with E-state index in [2.05, 4.69) is 38.2 Å². The summed E-state index contributed by atoms with van der Waals surface area (Å²) in [7, 11) is 1.60. The van der Waals surface area contributed by atoms with E-state index in [9.17, 15) is 9.59 Å². The van der Waals surface area contributed by atoms with Gasteiger partial charge >= 0.3 is 0 Å². The molecule has 150 valence electrons. The highest BCUT2D eigenvalue weighted by atomic mass is 127. The van der Waals surface area contributed by atoms with Crippen LogP contribution < -0.4 is 15.4 Å². The van der Waals surface area contributed by atoms with Gasteiger partial charge in [0.2, 0.25) is 5.91 Å². The molecule has 0 spiro atoms. The third-order valence-corrected chi connectivity index (χ3v) is 6.46. The monoisotopic (exact) mass is 539 g/mol. The maximum atomic E-state index is 12.3. The molecule has 0 bridgehead atoms. The first-order valence-corrected chi connectivity index (χ1v) is 11.7. The van der Waals surface area contributed by atoms with Crippen molar-refractivity contribution in [3.63, 3.8) is 0 Å². The molecule has 2 aromatic carbocycles. The third-order valence-electron chi connectivity index (χ3n) is 3.75. The van der Waals surface area contributed by atoms with Gasteiger partial charge in [-0.3, -0.25) is 14.9 Å². The normalized spacial score (nSPS) is 10.4. The van der Waals surface area contributed by atoms with Crippen LogP contribution in [-0.4, -0.2) is 29.7 Å². The molecule has 1 heterocycles. The Balaban J connectivity index is 1.44. The average molecular weight is 539 g/mol. The van der Waals surface area contributed by atoms with E-state index in [1.54, 1.807) is 37.4 Å². The summed E-state index contributed by atoms with van der Waals surface area (Å²) in [6.45, 7) is 0. The predicted octanol–water partition coefficient (Wildman–Crippen LogP) is 4.88. The summed E-state index contributed by atoms with van der Waals surface area (Å²) in [5, 5.41) is 8.11. The molecule has 2 N–H and O–H groups in total. The van der Waals surface area contributed by atoms with Crippen LogP contribution in [0, 0.1) is 3.57 Å². The lowest BCUT2D eigenvalue weighted by atomic mass is 10.2. The minimum Gasteiger partial charge on any atom is -0.497 e. The maximum absolute atomic E-state index is 12.3. The number of methoxy groups -OCH3 is 1. The second kappa shape index (κ2) is 10.6. The molecule has 6 nitrogen and oxygen atoms in total. The molecule has 3 aromatic rings. The minimum atomic E-state index is -0.178. The fourth-order valence-corrected chi connectivity index (χ4v) is 4.52. The molecular weight excluding hydrogens is 521 g/mol. The van der Waals surface area contributed by atoms with Gasteiger partial charge in [-0.1, -0.05) is 12.1 Å². The molecule has 3 rings (SSSR count). The van der Waals surface area contributed by atoms with Crippen LogP contribution in [0.2, 0.25) is 0 Å². The summed E-state index contributed by atoms with van der Waals surface area (Å²) >= 11 is 4.97. The van der Waals surface area contributed by atoms with Crippen molar-refractivity contribution in [3.05, 3.63) is 68.7 Å². The Bertz CT molecular complexity index is 993. The number of nitrogens with one attached hydrogen (secondary N) is 2. The molecule has 0 saturated heterocycles. The smallest absolute Gasteiger partial charge is 0.258 e. The zero-order chi connectivity index (χ0) is 20.6. The first-order valence-electron chi connectivity index (χ1n) is 8.57. The number of carbonyl (C=O) groups is 2. The van der Waals surface area contributed by atoms with Crippen molar-refractivity contribution >= 4 is 68.3 Å². The molecule has 0 atom stereocenters. The average Bonchev–Trinajstić information content (AvgIpc) is 3.16. The van der Waals surface area contributed by atoms with E-state index in [0.29, 0.717) is 22.2 Å². The van der Waals surface area contributed by atoms with Gasteiger partial charge in [-0.05, 0) is 59.0 Å². The van der Waals surface area contributed by atoms with Crippen molar-refractivity contribution in [1.82, 2.24) is 4.98 Å². The lowest BCUT2D eigenvalue weighted by Crippen LogP contribution is -2.14. The minimum absolute atomic E-state index is 0.0809. The fraction of sp³-hybridized carbons (Fsp3) is 0.150. The molecule has 9 heteroatoms. The third kappa shape index (κ3) is 6.44. The number of thiazole rings is 1. The maximum Gasteiger partial charge on any atom is 0.258 e. The van der Waals surface area contributed by atoms with Crippen molar-refractivity contribution in [2.45, 2.75) is 5.75 Å². The van der Waals surface area contributed by atoms with Gasteiger partial charge in [-0.2, -0.15) is 0 Å². The zero-order valence-corrected chi connectivity index (χ0v) is 19.3. The summed E-state index contributed by atoms with van der Waals surface area (Å²) in [6.07, 6.45) is 0. The molecule has 1 aromatic heterocycles. The van der Waals surface area contributed by atoms with Crippen LogP contribution in [0.5, 0.6) is 5.75 Å². The van der Waals surface area contributed by atoms with Crippen molar-refractivity contribution in [1.29, 1.82) is 0 Å². The van der Waals surface area contributed by atoms with Crippen molar-refractivity contribution < 1.29 is 14.3 Å². The second-order valence-electron chi connectivity index (χ2n) is 5.85. The summed E-state index contributed by atoms with van der Waals surface area (Å²) < 4.78 is 5.98. The number of hydrogen-bond donors (Lipinski definition) is 2. The van der Waals surface area contributed by atoms with E-state index < -0.39 is 0 Å². The van der Waals surface area contributed by atoms with Crippen molar-refractivity contribution in [2.75, 3.05) is 23.5 Å². The van der Waals surface area contributed by atoms with Crippen molar-refractivity contribution in [2.24, 2.45) is 0 Å². The summed E-state index contributed by atoms with van der Waals surface area (Å²) in [5.74, 6) is 1.38. The number of nitrogens with zero attached hydrogens (tertiary/aromatic N) is 1. The Labute approximate surface area is 190 Å². The highest BCUT2D eigenvalue weighted by Crippen LogP contribution is 2.22. The Morgan fingerprint density at radius 1 is 1.14 bits per heavy atom. The molecule has 0 fully saturated rings. The first-order chi connectivity index (χ1) is 14.0. The number of amides is 2. The Morgan fingerprint density at radius 3 is 2.62 bits per heavy atom. The standard InChI is InChI=1S/C20H18IN3O3S2/c1-27-15-8-6-13(7-9-15)22-18(25)12-28-10-14-11-29-20(23-14)24-19(26)16-4-2-3-5-17(16)21/h2-9,11H,10,12H2,1H3,(H,22,25)(H,23,24,26). The molecule has 29 heavy (non-hydrogen) atoms. The summed E-state index contributed by atoms with van der Waals surface area (Å²) in [6, 6.07) is 14.6. The summed E-state index contributed by atoms with van der Waals surface area (Å²) in [4.78, 5) is 28.8. The second-order valence-corrected chi connectivity index (χ2v) is 8.85. The van der Waals surface area contributed by atoms with Crippen LogP contribution in [0.3, 0.4) is 0 Å². The molecule has 0 unspecified atom stereocenters. The quantitative estimate of drug-likeness (QED) is 0.399. The van der Waals surface area contributed by atoms with E-state index >= 15 is 0 Å². The molecule has 0 aliphatic rings. The number of anilines is 2. The van der Waals surface area contributed by atoms with E-state index in [1.165, 1.54) is 23.1 Å². The van der Waals surface area contributed by atoms with Crippen LogP contribution in [0.1, 0.15) is 16.1 Å². The molecule has 0 aliphatic carbocycles. The van der Waals surface area contributed by atoms with E-state index in [0.717, 1.165) is 20.7 Å². The molecule has 0 saturated carbocycles. The SMILES string of the molecule is COc1ccc(NC(=O)CSCc2csc(NC(=O)c3ccccc3I)n2)cc1. The van der Waals surface area contributed by atoms with Gasteiger partial charge in [0.05, 0.1) is 24.1 Å². The zero-order valence-electron chi connectivity index (χ0n) is 15.5.